The molecule has 2 aromatic rings. The van der Waals surface area contributed by atoms with Crippen molar-refractivity contribution in [3.8, 4) is 0 Å². The molecule has 2 rings (SSSR count). The second kappa shape index (κ2) is 10.2. The van der Waals surface area contributed by atoms with Gasteiger partial charge in [0.2, 0.25) is 0 Å². The number of benzene rings is 2. The molecule has 2 aromatic carbocycles. The number of hydrogen-bond donors (Lipinski definition) is 3. The predicted molar refractivity (Wildman–Crippen MR) is 107 cm³/mol. The van der Waals surface area contributed by atoms with Gasteiger partial charge < -0.3 is 10.6 Å². The summed E-state index contributed by atoms with van der Waals surface area (Å²) in [6, 6.07) is 9.60. The van der Waals surface area contributed by atoms with Crippen LogP contribution >= 0.6 is 12.4 Å². The van der Waals surface area contributed by atoms with Crippen molar-refractivity contribution in [3.05, 3.63) is 59.4 Å². The van der Waals surface area contributed by atoms with Crippen molar-refractivity contribution >= 4 is 34.0 Å². The zero-order valence-corrected chi connectivity index (χ0v) is 16.7. The summed E-state index contributed by atoms with van der Waals surface area (Å²) in [5.74, 6) is -0.712. The molecule has 27 heavy (non-hydrogen) atoms. The Kier molecular flexibility index (Phi) is 8.68. The predicted octanol–water partition coefficient (Wildman–Crippen LogP) is 2.70. The van der Waals surface area contributed by atoms with Crippen molar-refractivity contribution in [2.75, 3.05) is 24.9 Å². The molecule has 0 spiro atoms. The van der Waals surface area contributed by atoms with Crippen molar-refractivity contribution in [1.29, 1.82) is 0 Å². The quantitative estimate of drug-likeness (QED) is 0.578. The highest BCUT2D eigenvalue weighted by Gasteiger charge is 2.17. The first-order chi connectivity index (χ1) is 12.3. The lowest BCUT2D eigenvalue weighted by Crippen LogP contribution is -2.26. The summed E-state index contributed by atoms with van der Waals surface area (Å²) in [4.78, 5) is 12.0. The standard InChI is InChI=1S/C18H22FN3O3S.ClH/c1-13-12-15(19)6-9-17(13)26(24,25)22-16-7-4-14(5-8-16)18(23)21-11-3-10-20-2;/h4-9,12,20,22H,3,10-11H2,1-2H3,(H,21,23);1H. The number of carbonyl (C=O) groups excluding carboxylic acids is 1. The van der Waals surface area contributed by atoms with E-state index in [1.54, 1.807) is 12.1 Å². The monoisotopic (exact) mass is 415 g/mol. The molecule has 1 amide bonds. The van der Waals surface area contributed by atoms with Gasteiger partial charge in [0, 0.05) is 17.8 Å². The van der Waals surface area contributed by atoms with E-state index in [0.29, 0.717) is 23.4 Å². The van der Waals surface area contributed by atoms with Gasteiger partial charge in [-0.25, -0.2) is 12.8 Å². The van der Waals surface area contributed by atoms with Crippen molar-refractivity contribution in [3.63, 3.8) is 0 Å². The van der Waals surface area contributed by atoms with Gasteiger partial charge in [0.15, 0.2) is 0 Å². The lowest BCUT2D eigenvalue weighted by atomic mass is 10.2. The molecule has 9 heteroatoms. The molecule has 148 valence electrons. The smallest absolute Gasteiger partial charge is 0.262 e. The van der Waals surface area contributed by atoms with E-state index in [9.17, 15) is 17.6 Å². The average molecular weight is 416 g/mol. The summed E-state index contributed by atoms with van der Waals surface area (Å²) in [6.07, 6.45) is 0.817. The number of amides is 1. The van der Waals surface area contributed by atoms with Crippen LogP contribution in [0.1, 0.15) is 22.3 Å². The fourth-order valence-corrected chi connectivity index (χ4v) is 3.67. The fourth-order valence-electron chi connectivity index (χ4n) is 2.38. The summed E-state index contributed by atoms with van der Waals surface area (Å²) >= 11 is 0. The first-order valence-electron chi connectivity index (χ1n) is 8.15. The van der Waals surface area contributed by atoms with E-state index in [2.05, 4.69) is 15.4 Å². The summed E-state index contributed by atoms with van der Waals surface area (Å²) in [5.41, 5.74) is 1.07. The number of aryl methyl sites for hydroxylation is 1. The molecule has 0 radical (unpaired) electrons. The number of nitrogens with one attached hydrogen (secondary N) is 3. The molecule has 0 bridgehead atoms. The van der Waals surface area contributed by atoms with E-state index in [1.807, 2.05) is 7.05 Å². The van der Waals surface area contributed by atoms with E-state index < -0.39 is 15.8 Å². The Morgan fingerprint density at radius 1 is 1.07 bits per heavy atom. The molecule has 0 unspecified atom stereocenters. The van der Waals surface area contributed by atoms with Crippen molar-refractivity contribution in [2.45, 2.75) is 18.2 Å². The number of rotatable bonds is 8. The van der Waals surface area contributed by atoms with E-state index in [1.165, 1.54) is 25.1 Å². The highest BCUT2D eigenvalue weighted by molar-refractivity contribution is 7.92. The highest BCUT2D eigenvalue weighted by Crippen LogP contribution is 2.20. The highest BCUT2D eigenvalue weighted by atomic mass is 35.5. The third-order valence-corrected chi connectivity index (χ3v) is 5.26. The molecule has 0 aromatic heterocycles. The topological polar surface area (TPSA) is 87.3 Å². The van der Waals surface area contributed by atoms with Gasteiger partial charge in [-0.1, -0.05) is 0 Å². The minimum Gasteiger partial charge on any atom is -0.352 e. The number of hydrogen-bond acceptors (Lipinski definition) is 4. The zero-order valence-electron chi connectivity index (χ0n) is 15.1. The Balaban J connectivity index is 0.00000364. The van der Waals surface area contributed by atoms with Gasteiger partial charge in [0.05, 0.1) is 4.90 Å². The molecule has 0 aliphatic carbocycles. The Morgan fingerprint density at radius 2 is 1.74 bits per heavy atom. The van der Waals surface area contributed by atoms with Gasteiger partial charge in [0.1, 0.15) is 5.82 Å². The second-order valence-electron chi connectivity index (χ2n) is 5.81. The largest absolute Gasteiger partial charge is 0.352 e. The van der Waals surface area contributed by atoms with E-state index in [4.69, 9.17) is 0 Å². The number of halogens is 2. The fraction of sp³-hybridized carbons (Fsp3) is 0.278. The summed E-state index contributed by atoms with van der Waals surface area (Å²) in [6.45, 7) is 2.89. The van der Waals surface area contributed by atoms with Gasteiger partial charge in [-0.3, -0.25) is 9.52 Å². The molecule has 0 heterocycles. The van der Waals surface area contributed by atoms with Crippen LogP contribution < -0.4 is 15.4 Å². The minimum atomic E-state index is -3.84. The molecule has 0 saturated heterocycles. The third-order valence-electron chi connectivity index (χ3n) is 3.71. The molecule has 0 fully saturated rings. The molecular weight excluding hydrogens is 393 g/mol. The Morgan fingerprint density at radius 3 is 2.33 bits per heavy atom. The van der Waals surface area contributed by atoms with Crippen LogP contribution in [0.15, 0.2) is 47.4 Å². The summed E-state index contributed by atoms with van der Waals surface area (Å²) < 4.78 is 40.5. The van der Waals surface area contributed by atoms with Crippen molar-refractivity contribution in [2.24, 2.45) is 0 Å². The van der Waals surface area contributed by atoms with Gasteiger partial charge in [0.25, 0.3) is 15.9 Å². The second-order valence-corrected chi connectivity index (χ2v) is 7.46. The van der Waals surface area contributed by atoms with Crippen LogP contribution in [0, 0.1) is 12.7 Å². The van der Waals surface area contributed by atoms with E-state index in [-0.39, 0.29) is 23.2 Å². The van der Waals surface area contributed by atoms with Crippen LogP contribution in [0.2, 0.25) is 0 Å². The van der Waals surface area contributed by atoms with Crippen molar-refractivity contribution < 1.29 is 17.6 Å². The summed E-state index contributed by atoms with van der Waals surface area (Å²) in [5, 5.41) is 5.78. The molecule has 0 aliphatic rings. The maximum Gasteiger partial charge on any atom is 0.262 e. The van der Waals surface area contributed by atoms with Gasteiger partial charge >= 0.3 is 0 Å². The van der Waals surface area contributed by atoms with Crippen LogP contribution in [0.25, 0.3) is 0 Å². The van der Waals surface area contributed by atoms with Crippen LogP contribution in [-0.4, -0.2) is 34.5 Å². The SMILES string of the molecule is CNCCCNC(=O)c1ccc(NS(=O)(=O)c2ccc(F)cc2C)cc1.Cl. The summed E-state index contributed by atoms with van der Waals surface area (Å²) in [7, 11) is -2.00. The van der Waals surface area contributed by atoms with Gasteiger partial charge in [-0.2, -0.15) is 0 Å². The number of anilines is 1. The number of carbonyl (C=O) groups is 1. The van der Waals surface area contributed by atoms with Gasteiger partial charge in [-0.05, 0) is 75.0 Å². The van der Waals surface area contributed by atoms with Crippen molar-refractivity contribution in [1.82, 2.24) is 10.6 Å². The van der Waals surface area contributed by atoms with Crippen LogP contribution in [0.3, 0.4) is 0 Å². The zero-order chi connectivity index (χ0) is 19.2. The van der Waals surface area contributed by atoms with Crippen LogP contribution in [-0.2, 0) is 10.0 Å². The molecule has 6 nitrogen and oxygen atoms in total. The average Bonchev–Trinajstić information content (AvgIpc) is 2.58. The Hall–Kier alpha value is -2.16. The van der Waals surface area contributed by atoms with Gasteiger partial charge in [-0.15, -0.1) is 12.4 Å². The lowest BCUT2D eigenvalue weighted by Gasteiger charge is -2.11. The maximum absolute atomic E-state index is 13.2. The van der Waals surface area contributed by atoms with E-state index in [0.717, 1.165) is 25.1 Å². The maximum atomic E-state index is 13.2. The first-order valence-corrected chi connectivity index (χ1v) is 9.63. The first kappa shape index (κ1) is 22.9. The molecule has 0 saturated carbocycles. The Labute approximate surface area is 165 Å². The molecule has 0 atom stereocenters. The number of sulfonamides is 1. The molecular formula is C18H23ClFN3O3S. The lowest BCUT2D eigenvalue weighted by molar-refractivity contribution is 0.0953. The molecule has 3 N–H and O–H groups in total. The van der Waals surface area contributed by atoms with Crippen LogP contribution in [0.5, 0.6) is 0 Å². The normalized spacial score (nSPS) is 10.8. The van der Waals surface area contributed by atoms with Crippen LogP contribution in [0.4, 0.5) is 10.1 Å². The molecule has 0 aliphatic heterocycles. The van der Waals surface area contributed by atoms with E-state index >= 15 is 0 Å². The Bertz CT molecular complexity index is 874. The minimum absolute atomic E-state index is 0. The third kappa shape index (κ3) is 6.50.